The lowest BCUT2D eigenvalue weighted by atomic mass is 10.0. The van der Waals surface area contributed by atoms with Gasteiger partial charge in [-0.25, -0.2) is 13.1 Å². The van der Waals surface area contributed by atoms with Gasteiger partial charge in [0.1, 0.15) is 0 Å². The van der Waals surface area contributed by atoms with Crippen LogP contribution in [0.15, 0.2) is 59.5 Å². The molecule has 2 aromatic carbocycles. The summed E-state index contributed by atoms with van der Waals surface area (Å²) in [6, 6.07) is 15.4. The van der Waals surface area contributed by atoms with Crippen LogP contribution in [0.3, 0.4) is 0 Å². The number of benzene rings is 2. The van der Waals surface area contributed by atoms with E-state index in [4.69, 9.17) is 5.11 Å². The highest BCUT2D eigenvalue weighted by atomic mass is 32.2. The van der Waals surface area contributed by atoms with Gasteiger partial charge in [0, 0.05) is 12.5 Å². The number of carbonyl (C=O) groups is 1. The Kier molecular flexibility index (Phi) is 6.11. The number of carboxylic acid groups (broad SMARTS) is 1. The summed E-state index contributed by atoms with van der Waals surface area (Å²) in [5.41, 5.74) is 1.90. The van der Waals surface area contributed by atoms with E-state index in [2.05, 4.69) is 4.72 Å². The molecule has 0 spiro atoms. The minimum absolute atomic E-state index is 0.148. The molecule has 0 saturated heterocycles. The molecule has 0 radical (unpaired) electrons. The monoisotopic (exact) mass is 347 g/mol. The molecule has 6 heteroatoms. The Balaban J connectivity index is 2.00. The zero-order valence-corrected chi connectivity index (χ0v) is 14.3. The molecule has 0 fully saturated rings. The Hall–Kier alpha value is -2.18. The largest absolute Gasteiger partial charge is 0.481 e. The van der Waals surface area contributed by atoms with Crippen molar-refractivity contribution >= 4 is 16.0 Å². The Morgan fingerprint density at radius 2 is 1.71 bits per heavy atom. The molecule has 5 nitrogen and oxygen atoms in total. The van der Waals surface area contributed by atoms with E-state index in [-0.39, 0.29) is 17.4 Å². The molecule has 0 aliphatic heterocycles. The van der Waals surface area contributed by atoms with Crippen LogP contribution in [0, 0.1) is 0 Å². The first-order valence-electron chi connectivity index (χ1n) is 7.76. The summed E-state index contributed by atoms with van der Waals surface area (Å²) in [6.45, 7) is 1.79. The molecule has 2 aromatic rings. The van der Waals surface area contributed by atoms with Crippen LogP contribution in [0.4, 0.5) is 0 Å². The first-order valence-corrected chi connectivity index (χ1v) is 9.25. The van der Waals surface area contributed by atoms with Gasteiger partial charge in [-0.3, -0.25) is 4.79 Å². The number of hydrogen-bond donors (Lipinski definition) is 2. The third-order valence-corrected chi connectivity index (χ3v) is 5.28. The zero-order chi connectivity index (χ0) is 17.6. The van der Waals surface area contributed by atoms with Gasteiger partial charge in [-0.2, -0.15) is 0 Å². The van der Waals surface area contributed by atoms with E-state index in [0.29, 0.717) is 12.8 Å². The van der Waals surface area contributed by atoms with Gasteiger partial charge in [0.25, 0.3) is 0 Å². The molecule has 128 valence electrons. The Bertz CT molecular complexity index is 770. The molecule has 0 heterocycles. The number of nitrogens with one attached hydrogen (secondary N) is 1. The number of carboxylic acids is 1. The van der Waals surface area contributed by atoms with E-state index < -0.39 is 16.0 Å². The topological polar surface area (TPSA) is 83.5 Å². The summed E-state index contributed by atoms with van der Waals surface area (Å²) in [4.78, 5) is 10.8. The second-order valence-corrected chi connectivity index (χ2v) is 7.36. The van der Waals surface area contributed by atoms with Crippen LogP contribution in [0.5, 0.6) is 0 Å². The SMILES string of the molecule is CC(NS(=O)(=O)c1ccccc1)c1ccc(CCCC(=O)O)cc1. The minimum Gasteiger partial charge on any atom is -0.481 e. The Morgan fingerprint density at radius 1 is 1.08 bits per heavy atom. The fourth-order valence-electron chi connectivity index (χ4n) is 2.39. The Morgan fingerprint density at radius 3 is 2.29 bits per heavy atom. The predicted octanol–water partition coefficient (Wildman–Crippen LogP) is 3.13. The summed E-state index contributed by atoms with van der Waals surface area (Å²) >= 11 is 0. The zero-order valence-electron chi connectivity index (χ0n) is 13.5. The second-order valence-electron chi connectivity index (χ2n) is 5.64. The number of sulfonamides is 1. The maximum atomic E-state index is 12.3. The lowest BCUT2D eigenvalue weighted by Crippen LogP contribution is -2.26. The number of rotatable bonds is 8. The van der Waals surface area contributed by atoms with Crippen LogP contribution in [-0.4, -0.2) is 19.5 Å². The molecule has 2 rings (SSSR count). The molecule has 1 atom stereocenters. The highest BCUT2D eigenvalue weighted by molar-refractivity contribution is 7.89. The van der Waals surface area contributed by atoms with Crippen LogP contribution in [-0.2, 0) is 21.2 Å². The first-order chi connectivity index (χ1) is 11.4. The summed E-state index contributed by atoms with van der Waals surface area (Å²) in [5, 5.41) is 8.65. The summed E-state index contributed by atoms with van der Waals surface area (Å²) in [7, 11) is -3.56. The minimum atomic E-state index is -3.56. The second kappa shape index (κ2) is 8.08. The maximum Gasteiger partial charge on any atom is 0.303 e. The fourth-order valence-corrected chi connectivity index (χ4v) is 3.64. The molecular formula is C18H21NO4S. The maximum absolute atomic E-state index is 12.3. The lowest BCUT2D eigenvalue weighted by Gasteiger charge is -2.15. The van der Waals surface area contributed by atoms with Gasteiger partial charge in [0.05, 0.1) is 4.90 Å². The van der Waals surface area contributed by atoms with Gasteiger partial charge in [-0.1, -0.05) is 42.5 Å². The predicted molar refractivity (Wildman–Crippen MR) is 92.2 cm³/mol. The third-order valence-electron chi connectivity index (χ3n) is 3.72. The molecule has 1 unspecified atom stereocenters. The van der Waals surface area contributed by atoms with Crippen molar-refractivity contribution in [3.8, 4) is 0 Å². The van der Waals surface area contributed by atoms with Crippen molar-refractivity contribution in [3.63, 3.8) is 0 Å². The summed E-state index contributed by atoms with van der Waals surface area (Å²) < 4.78 is 27.3. The average Bonchev–Trinajstić information content (AvgIpc) is 2.55. The van der Waals surface area contributed by atoms with Gasteiger partial charge >= 0.3 is 5.97 Å². The van der Waals surface area contributed by atoms with E-state index in [9.17, 15) is 13.2 Å². The fraction of sp³-hybridized carbons (Fsp3) is 0.278. The summed E-state index contributed by atoms with van der Waals surface area (Å²) in [6.07, 6.45) is 1.43. The van der Waals surface area contributed by atoms with E-state index in [1.165, 1.54) is 0 Å². The number of aryl methyl sites for hydroxylation is 1. The molecule has 0 aromatic heterocycles. The van der Waals surface area contributed by atoms with E-state index in [1.807, 2.05) is 24.3 Å². The van der Waals surface area contributed by atoms with Crippen LogP contribution >= 0.6 is 0 Å². The van der Waals surface area contributed by atoms with Crippen molar-refractivity contribution in [2.45, 2.75) is 37.1 Å². The standard InChI is InChI=1S/C18H21NO4S/c1-14(19-24(22,23)17-7-3-2-4-8-17)16-12-10-15(11-13-16)6-5-9-18(20)21/h2-4,7-8,10-14,19H,5-6,9H2,1H3,(H,20,21). The van der Waals surface area contributed by atoms with Crippen LogP contribution in [0.2, 0.25) is 0 Å². The quantitative estimate of drug-likeness (QED) is 0.768. The summed E-state index contributed by atoms with van der Waals surface area (Å²) in [5.74, 6) is -0.796. The third kappa shape index (κ3) is 5.18. The molecule has 0 bridgehead atoms. The van der Waals surface area contributed by atoms with Crippen molar-refractivity contribution in [2.24, 2.45) is 0 Å². The number of hydrogen-bond acceptors (Lipinski definition) is 3. The van der Waals surface area contributed by atoms with Gasteiger partial charge in [0.15, 0.2) is 0 Å². The highest BCUT2D eigenvalue weighted by Gasteiger charge is 2.17. The van der Waals surface area contributed by atoms with Gasteiger partial charge in [-0.05, 0) is 43.0 Å². The number of aliphatic carboxylic acids is 1. The van der Waals surface area contributed by atoms with Crippen molar-refractivity contribution in [1.29, 1.82) is 0 Å². The van der Waals surface area contributed by atoms with Gasteiger partial charge in [0.2, 0.25) is 10.0 Å². The Labute approximate surface area is 142 Å². The van der Waals surface area contributed by atoms with Crippen LogP contribution < -0.4 is 4.72 Å². The van der Waals surface area contributed by atoms with Crippen LogP contribution in [0.1, 0.15) is 36.9 Å². The molecule has 0 aliphatic rings. The molecule has 0 saturated carbocycles. The van der Waals surface area contributed by atoms with Gasteiger partial charge < -0.3 is 5.11 Å². The highest BCUT2D eigenvalue weighted by Crippen LogP contribution is 2.18. The van der Waals surface area contributed by atoms with Crippen molar-refractivity contribution in [1.82, 2.24) is 4.72 Å². The molecule has 2 N–H and O–H groups in total. The molecule has 0 amide bonds. The van der Waals surface area contributed by atoms with Crippen molar-refractivity contribution in [2.75, 3.05) is 0 Å². The van der Waals surface area contributed by atoms with E-state index in [1.54, 1.807) is 37.3 Å². The average molecular weight is 347 g/mol. The molecular weight excluding hydrogens is 326 g/mol. The van der Waals surface area contributed by atoms with E-state index >= 15 is 0 Å². The van der Waals surface area contributed by atoms with Crippen molar-refractivity contribution < 1.29 is 18.3 Å². The van der Waals surface area contributed by atoms with Crippen LogP contribution in [0.25, 0.3) is 0 Å². The van der Waals surface area contributed by atoms with Gasteiger partial charge in [-0.15, -0.1) is 0 Å². The molecule has 24 heavy (non-hydrogen) atoms. The van der Waals surface area contributed by atoms with Crippen molar-refractivity contribution in [3.05, 3.63) is 65.7 Å². The smallest absolute Gasteiger partial charge is 0.303 e. The molecule has 0 aliphatic carbocycles. The normalized spacial score (nSPS) is 12.7. The lowest BCUT2D eigenvalue weighted by molar-refractivity contribution is -0.137. The first kappa shape index (κ1) is 18.2. The van der Waals surface area contributed by atoms with E-state index in [0.717, 1.165) is 11.1 Å².